The third kappa shape index (κ3) is 6.95. The fourth-order valence-electron chi connectivity index (χ4n) is 3.52. The fourth-order valence-corrected chi connectivity index (χ4v) is 4.38. The molecule has 0 radical (unpaired) electrons. The minimum absolute atomic E-state index is 0. The van der Waals surface area contributed by atoms with Gasteiger partial charge in [-0.2, -0.15) is 0 Å². The van der Waals surface area contributed by atoms with Crippen LogP contribution in [0, 0.1) is 0 Å². The average molecular weight is 542 g/mol. The van der Waals surface area contributed by atoms with Crippen molar-refractivity contribution in [3.63, 3.8) is 0 Å². The topological polar surface area (TPSA) is 66.0 Å². The molecule has 1 saturated heterocycles. The normalized spacial score (nSPS) is 15.3. The zero-order valence-electron chi connectivity index (χ0n) is 17.6. The van der Waals surface area contributed by atoms with Gasteiger partial charge in [0.1, 0.15) is 0 Å². The largest absolute Gasteiger partial charge is 0.462 e. The first kappa shape index (κ1) is 24.6. The molecule has 0 amide bonds. The number of hydrogen-bond donors (Lipinski definition) is 2. The molecule has 0 aliphatic carbocycles. The lowest BCUT2D eigenvalue weighted by Gasteiger charge is -2.27. The Morgan fingerprint density at radius 2 is 1.93 bits per heavy atom. The SMILES string of the molecule is CCOC(=O)c1ccc(CNC(=NC)NCC(c2cccs2)N2CCCC2)cc1.I. The monoisotopic (exact) mass is 542 g/mol. The van der Waals surface area contributed by atoms with Crippen LogP contribution in [0.4, 0.5) is 0 Å². The number of rotatable bonds is 8. The average Bonchev–Trinajstić information content (AvgIpc) is 3.46. The van der Waals surface area contributed by atoms with Gasteiger partial charge in [-0.1, -0.05) is 18.2 Å². The molecule has 1 aromatic carbocycles. The van der Waals surface area contributed by atoms with Crippen molar-refractivity contribution in [3.05, 3.63) is 57.8 Å². The van der Waals surface area contributed by atoms with Gasteiger partial charge in [-0.3, -0.25) is 9.89 Å². The van der Waals surface area contributed by atoms with E-state index in [0.29, 0.717) is 24.8 Å². The van der Waals surface area contributed by atoms with Gasteiger partial charge in [0, 0.05) is 25.0 Å². The zero-order chi connectivity index (χ0) is 20.5. The Bertz CT molecular complexity index is 790. The Morgan fingerprint density at radius 3 is 2.53 bits per heavy atom. The zero-order valence-corrected chi connectivity index (χ0v) is 20.7. The molecule has 1 aromatic heterocycles. The van der Waals surface area contributed by atoms with Crippen LogP contribution in [-0.4, -0.2) is 50.1 Å². The van der Waals surface area contributed by atoms with E-state index in [9.17, 15) is 4.79 Å². The summed E-state index contributed by atoms with van der Waals surface area (Å²) in [7, 11) is 1.79. The molecule has 1 aliphatic heterocycles. The maximum Gasteiger partial charge on any atom is 0.338 e. The second kappa shape index (κ2) is 12.9. The van der Waals surface area contributed by atoms with Crippen LogP contribution in [-0.2, 0) is 11.3 Å². The Morgan fingerprint density at radius 1 is 1.20 bits per heavy atom. The number of guanidine groups is 1. The molecule has 0 saturated carbocycles. The molecule has 6 nitrogen and oxygen atoms in total. The van der Waals surface area contributed by atoms with E-state index >= 15 is 0 Å². The molecule has 2 N–H and O–H groups in total. The van der Waals surface area contributed by atoms with Gasteiger partial charge >= 0.3 is 5.97 Å². The molecule has 0 spiro atoms. The summed E-state index contributed by atoms with van der Waals surface area (Å²) in [5, 5.41) is 8.98. The second-order valence-electron chi connectivity index (χ2n) is 7.00. The van der Waals surface area contributed by atoms with Crippen LogP contribution in [0.15, 0.2) is 46.8 Å². The van der Waals surface area contributed by atoms with Crippen LogP contribution >= 0.6 is 35.3 Å². The van der Waals surface area contributed by atoms with E-state index < -0.39 is 0 Å². The van der Waals surface area contributed by atoms with E-state index in [-0.39, 0.29) is 29.9 Å². The van der Waals surface area contributed by atoms with Gasteiger partial charge in [-0.05, 0) is 62.0 Å². The maximum absolute atomic E-state index is 11.8. The highest BCUT2D eigenvalue weighted by Crippen LogP contribution is 2.27. The third-order valence-corrected chi connectivity index (χ3v) is 6.04. The van der Waals surface area contributed by atoms with Crippen LogP contribution in [0.1, 0.15) is 46.6 Å². The van der Waals surface area contributed by atoms with Crippen molar-refractivity contribution in [1.29, 1.82) is 0 Å². The van der Waals surface area contributed by atoms with Crippen LogP contribution in [0.2, 0.25) is 0 Å². The summed E-state index contributed by atoms with van der Waals surface area (Å²) in [6.45, 7) is 5.96. The predicted octanol–water partition coefficient (Wildman–Crippen LogP) is 4.04. The van der Waals surface area contributed by atoms with Crippen molar-refractivity contribution in [2.75, 3.05) is 33.3 Å². The smallest absolute Gasteiger partial charge is 0.338 e. The first-order chi connectivity index (χ1) is 14.2. The fraction of sp³-hybridized carbons (Fsp3) is 0.455. The minimum Gasteiger partial charge on any atom is -0.462 e. The van der Waals surface area contributed by atoms with E-state index in [4.69, 9.17) is 4.74 Å². The molecule has 30 heavy (non-hydrogen) atoms. The number of likely N-dealkylation sites (tertiary alicyclic amines) is 1. The molecule has 1 unspecified atom stereocenters. The number of aliphatic imine (C=N–C) groups is 1. The van der Waals surface area contributed by atoms with E-state index in [2.05, 4.69) is 38.0 Å². The standard InChI is InChI=1S/C22H30N4O2S.HI/c1-3-28-21(27)18-10-8-17(9-11-18)15-24-22(23-2)25-16-19(20-7-6-14-29-20)26-12-4-5-13-26;/h6-11,14,19H,3-5,12-13,15-16H2,1-2H3,(H2,23,24,25);1H. The predicted molar refractivity (Wildman–Crippen MR) is 134 cm³/mol. The van der Waals surface area contributed by atoms with Crippen LogP contribution in [0.25, 0.3) is 0 Å². The minimum atomic E-state index is -0.286. The van der Waals surface area contributed by atoms with Crippen molar-refractivity contribution in [2.45, 2.75) is 32.4 Å². The summed E-state index contributed by atoms with van der Waals surface area (Å²) in [5.41, 5.74) is 1.65. The number of hydrogen-bond acceptors (Lipinski definition) is 5. The number of esters is 1. The molecule has 1 atom stereocenters. The lowest BCUT2D eigenvalue weighted by molar-refractivity contribution is 0.0526. The van der Waals surface area contributed by atoms with Gasteiger partial charge in [0.05, 0.1) is 18.2 Å². The van der Waals surface area contributed by atoms with Gasteiger partial charge < -0.3 is 15.4 Å². The van der Waals surface area contributed by atoms with Gasteiger partial charge in [-0.25, -0.2) is 4.79 Å². The molecule has 164 valence electrons. The van der Waals surface area contributed by atoms with E-state index in [1.165, 1.54) is 17.7 Å². The first-order valence-electron chi connectivity index (χ1n) is 10.2. The quantitative estimate of drug-likeness (QED) is 0.228. The first-order valence-corrected chi connectivity index (χ1v) is 11.1. The number of halogens is 1. The number of ether oxygens (including phenoxy) is 1. The number of carbonyl (C=O) groups is 1. The lowest BCUT2D eigenvalue weighted by atomic mass is 10.1. The number of thiophene rings is 1. The molecule has 2 heterocycles. The Labute approximate surface area is 200 Å². The molecular weight excluding hydrogens is 511 g/mol. The molecule has 0 bridgehead atoms. The molecule has 2 aromatic rings. The van der Waals surface area contributed by atoms with Gasteiger partial charge in [0.25, 0.3) is 0 Å². The molecule has 1 fully saturated rings. The molecular formula is C22H31IN4O2S. The Kier molecular flexibility index (Phi) is 10.6. The van der Waals surface area contributed by atoms with Crippen molar-refractivity contribution in [1.82, 2.24) is 15.5 Å². The Hall–Kier alpha value is -1.65. The molecule has 3 rings (SSSR count). The highest BCUT2D eigenvalue weighted by Gasteiger charge is 2.24. The van der Waals surface area contributed by atoms with Crippen molar-refractivity contribution >= 4 is 47.2 Å². The van der Waals surface area contributed by atoms with Crippen LogP contribution < -0.4 is 10.6 Å². The summed E-state index contributed by atoms with van der Waals surface area (Å²) in [4.78, 5) is 20.1. The number of nitrogens with one attached hydrogen (secondary N) is 2. The second-order valence-corrected chi connectivity index (χ2v) is 7.98. The van der Waals surface area contributed by atoms with E-state index in [0.717, 1.165) is 31.2 Å². The highest BCUT2D eigenvalue weighted by molar-refractivity contribution is 14.0. The highest BCUT2D eigenvalue weighted by atomic mass is 127. The van der Waals surface area contributed by atoms with Crippen molar-refractivity contribution < 1.29 is 9.53 Å². The molecule has 8 heteroatoms. The summed E-state index contributed by atoms with van der Waals surface area (Å²) in [6, 6.07) is 12.2. The van der Waals surface area contributed by atoms with Crippen LogP contribution in [0.5, 0.6) is 0 Å². The summed E-state index contributed by atoms with van der Waals surface area (Å²) in [5.74, 6) is 0.492. The van der Waals surface area contributed by atoms with Gasteiger partial charge in [0.15, 0.2) is 5.96 Å². The summed E-state index contributed by atoms with van der Waals surface area (Å²) < 4.78 is 5.02. The van der Waals surface area contributed by atoms with E-state index in [1.807, 2.05) is 30.4 Å². The van der Waals surface area contributed by atoms with E-state index in [1.54, 1.807) is 19.2 Å². The lowest BCUT2D eigenvalue weighted by Crippen LogP contribution is -2.42. The van der Waals surface area contributed by atoms with Crippen molar-refractivity contribution in [2.24, 2.45) is 4.99 Å². The summed E-state index contributed by atoms with van der Waals surface area (Å²) >= 11 is 1.81. The maximum atomic E-state index is 11.8. The third-order valence-electron chi connectivity index (χ3n) is 5.06. The van der Waals surface area contributed by atoms with Gasteiger partial charge in [-0.15, -0.1) is 35.3 Å². The van der Waals surface area contributed by atoms with Crippen molar-refractivity contribution in [3.8, 4) is 0 Å². The van der Waals surface area contributed by atoms with Gasteiger partial charge in [0.2, 0.25) is 0 Å². The van der Waals surface area contributed by atoms with Crippen LogP contribution in [0.3, 0.4) is 0 Å². The molecule has 1 aliphatic rings. The number of nitrogens with zero attached hydrogens (tertiary/aromatic N) is 2. The summed E-state index contributed by atoms with van der Waals surface area (Å²) in [6.07, 6.45) is 2.55. The number of carbonyl (C=O) groups excluding carboxylic acids is 1. The Balaban J connectivity index is 0.00000320. The number of benzene rings is 1.